The number of ketones is 2. The standard InChI is InChI=1S/C35H35FN4O8.C34H35FN4O7.B.Li.H/c1-15(2)26-32-40-27(31-37-23(14-46-31)33(44)45-5)29(48-32)35-20-13-19(36)7-8-22(20)38-34(35)47-25-9-6-17(11-21(25)35)10-18(30(43)39-26)12-24(41)28(42)16(3)4;1-15(2)26-32-39-27(31-36-20(13-40)14-44-31)29(46-32)34-21-12-19(35)6-7-23(21)37-33(34)45-25-8-5-17(10-22(25)34)9-18(30(43)38-26)11-24(41)28(42)16(3)4;;;/h6-9,11,13-16,18,26,28,34,38,42H,10,12H2,1-5H3,(H,39,43);5-8,10,12,14-16,18,26,28,33,37,40,42H,9,11,13H2,1-4H3,(H,38,43);;;/q;;;+1;-1/t18-,26+,28+,34-,35+;18-,26+,28+,33-,34+;;;/m11.../s1. The minimum absolute atomic E-state index is 0. The second-order valence-corrected chi connectivity index (χ2v) is 26.2. The van der Waals surface area contributed by atoms with Gasteiger partial charge in [-0.2, -0.15) is 0 Å². The zero-order valence-electron chi connectivity index (χ0n) is 55.4. The van der Waals surface area contributed by atoms with Gasteiger partial charge in [0.05, 0.1) is 13.7 Å². The number of methoxy groups -OCH3 is 1. The quantitative estimate of drug-likeness (QED) is 0.0497. The number of aliphatic hydroxyl groups excluding tert-OH is 3. The van der Waals surface area contributed by atoms with E-state index in [1.807, 2.05) is 52.0 Å². The fourth-order valence-electron chi connectivity index (χ4n) is 13.7. The molecular weight excluding hydrogens is 1240 g/mol. The molecule has 27 heteroatoms. The number of Topliss-reactive ketones (excluding diaryl/α,β-unsaturated/α-hetero) is 2. The third-order valence-electron chi connectivity index (χ3n) is 18.6. The van der Waals surface area contributed by atoms with E-state index in [2.05, 4.69) is 31.2 Å². The van der Waals surface area contributed by atoms with E-state index >= 15 is 8.78 Å². The summed E-state index contributed by atoms with van der Waals surface area (Å²) in [5, 5.41) is 43.7. The largest absolute Gasteiger partial charge is 1.00 e. The SMILES string of the molecule is CC(C)[C@H](O)C(=O)C[C@H]1Cc2ccc3c(c2)[C@@]2(c4cc(F)ccc4N[C@@H]2O3)c2oc(nc2-c2nc(CO)co2)[C@H](C(C)C)NC1=O.COC(=O)c1coc(-c2nc3oc2[C@@]24c5cc(F)ccc5N[C@@H]2Oc2ccc(cc24)C[C@H](CC(=O)[C@@H](O)C(C)C)C(=O)N[C@H]3C(C)C)n1.[B].[H-].[Li+]. The molecule has 10 atom stereocenters. The molecule has 4 aromatic heterocycles. The van der Waals surface area contributed by atoms with Crippen LogP contribution in [0, 0.1) is 47.1 Å². The molecule has 0 saturated carbocycles. The van der Waals surface area contributed by atoms with E-state index in [1.54, 1.807) is 52.0 Å². The average molecular weight is 1310 g/mol. The van der Waals surface area contributed by atoms with Crippen LogP contribution in [-0.2, 0) is 54.2 Å². The van der Waals surface area contributed by atoms with Crippen molar-refractivity contribution in [2.45, 2.75) is 135 Å². The predicted molar refractivity (Wildman–Crippen MR) is 336 cm³/mol. The molecule has 8 bridgehead atoms. The van der Waals surface area contributed by atoms with E-state index in [-0.39, 0.29) is 148 Å². The van der Waals surface area contributed by atoms with Gasteiger partial charge in [0.1, 0.15) is 76.5 Å². The van der Waals surface area contributed by atoms with Gasteiger partial charge in [-0.1, -0.05) is 79.7 Å². The van der Waals surface area contributed by atoms with Gasteiger partial charge < -0.3 is 69.9 Å². The van der Waals surface area contributed by atoms with Gasteiger partial charge in [-0.25, -0.2) is 33.5 Å². The smallest absolute Gasteiger partial charge is 1.00 e. The van der Waals surface area contributed by atoms with Crippen LogP contribution < -0.4 is 49.6 Å². The van der Waals surface area contributed by atoms with Gasteiger partial charge in [-0.3, -0.25) is 19.2 Å². The second-order valence-electron chi connectivity index (χ2n) is 26.2. The third kappa shape index (κ3) is 11.5. The summed E-state index contributed by atoms with van der Waals surface area (Å²) in [7, 11) is 1.22. The van der Waals surface area contributed by atoms with Gasteiger partial charge in [-0.15, -0.1) is 0 Å². The van der Waals surface area contributed by atoms with Crippen molar-refractivity contribution >= 4 is 49.1 Å². The monoisotopic (exact) mass is 1310 g/mol. The molecule has 23 nitrogen and oxygen atoms in total. The van der Waals surface area contributed by atoms with Crippen LogP contribution in [0.5, 0.6) is 11.5 Å². The number of ether oxygens (including phenoxy) is 3. The van der Waals surface area contributed by atoms with Crippen LogP contribution in [0.3, 0.4) is 0 Å². The topological polar surface area (TPSA) is 326 Å². The Balaban J connectivity index is 0.000000204. The number of anilines is 2. The number of rotatable bonds is 14. The maximum absolute atomic E-state index is 15.1. The number of nitrogens with zero attached hydrogens (tertiary/aromatic N) is 4. The molecule has 14 rings (SSSR count). The van der Waals surface area contributed by atoms with Crippen LogP contribution in [0.15, 0.2) is 103 Å². The number of benzene rings is 4. The molecular formula is C69H71BF2LiN8O15. The molecule has 6 aliphatic heterocycles. The Morgan fingerprint density at radius 3 is 1.46 bits per heavy atom. The molecule has 2 spiro atoms. The molecule has 0 saturated heterocycles. The van der Waals surface area contributed by atoms with Crippen LogP contribution >= 0.6 is 0 Å². The number of carbonyl (C=O) groups excluding carboxylic acids is 5. The maximum Gasteiger partial charge on any atom is 1.00 e. The number of hydrogen-bond acceptors (Lipinski definition) is 21. The molecule has 0 aliphatic carbocycles. The summed E-state index contributed by atoms with van der Waals surface area (Å²) < 4.78 is 72.9. The summed E-state index contributed by atoms with van der Waals surface area (Å²) in [6.45, 7) is 14.2. The van der Waals surface area contributed by atoms with E-state index in [4.69, 9.17) is 41.8 Å². The van der Waals surface area contributed by atoms with Crippen molar-refractivity contribution in [1.82, 2.24) is 30.6 Å². The van der Waals surface area contributed by atoms with Gasteiger partial charge in [0, 0.05) is 66.7 Å². The minimum Gasteiger partial charge on any atom is -1.00 e. The van der Waals surface area contributed by atoms with Gasteiger partial charge in [0.15, 0.2) is 52.6 Å². The van der Waals surface area contributed by atoms with Gasteiger partial charge in [0.2, 0.25) is 35.4 Å². The molecule has 7 N–H and O–H groups in total. The summed E-state index contributed by atoms with van der Waals surface area (Å²) in [5.74, 6) is -4.28. The Bertz CT molecular complexity index is 4370. The number of fused-ring (bicyclic) bond motifs is 8. The molecule has 10 heterocycles. The van der Waals surface area contributed by atoms with Crippen LogP contribution in [0.25, 0.3) is 23.2 Å². The third-order valence-corrected chi connectivity index (χ3v) is 18.6. The second kappa shape index (κ2) is 26.2. The Morgan fingerprint density at radius 1 is 0.615 bits per heavy atom. The average Bonchev–Trinajstić information content (AvgIpc) is 1.54. The van der Waals surface area contributed by atoms with E-state index < -0.39 is 94.5 Å². The number of halogens is 2. The molecule has 8 aromatic rings. The first kappa shape index (κ1) is 68.5. The molecule has 2 amide bonds. The molecule has 4 aromatic carbocycles. The Hall–Kier alpha value is -8.93. The van der Waals surface area contributed by atoms with Crippen molar-refractivity contribution in [1.29, 1.82) is 0 Å². The number of nitrogens with one attached hydrogen (secondary N) is 4. The number of aliphatic hydroxyl groups is 3. The summed E-state index contributed by atoms with van der Waals surface area (Å²) in [6, 6.07) is 18.3. The number of hydrogen-bond donors (Lipinski definition) is 7. The Kier molecular flexibility index (Phi) is 18.7. The van der Waals surface area contributed by atoms with Crippen LogP contribution in [0.4, 0.5) is 20.2 Å². The van der Waals surface area contributed by atoms with Crippen molar-refractivity contribution in [3.63, 3.8) is 0 Å². The number of aromatic nitrogens is 4. The first-order valence-corrected chi connectivity index (χ1v) is 31.3. The van der Waals surface area contributed by atoms with Crippen molar-refractivity contribution in [3.8, 4) is 34.7 Å². The summed E-state index contributed by atoms with van der Waals surface area (Å²) >= 11 is 0. The predicted octanol–water partition coefficient (Wildman–Crippen LogP) is 5.83. The number of esters is 1. The van der Waals surface area contributed by atoms with Gasteiger partial charge >= 0.3 is 24.8 Å². The molecule has 3 radical (unpaired) electrons. The van der Waals surface area contributed by atoms with Crippen molar-refractivity contribution < 1.29 is 100 Å². The summed E-state index contributed by atoms with van der Waals surface area (Å²) in [4.78, 5) is 85.1. The van der Waals surface area contributed by atoms with Crippen LogP contribution in [0.1, 0.15) is 155 Å². The zero-order valence-corrected chi connectivity index (χ0v) is 54.4. The van der Waals surface area contributed by atoms with Crippen molar-refractivity contribution in [3.05, 3.63) is 165 Å². The van der Waals surface area contributed by atoms with Crippen molar-refractivity contribution in [2.24, 2.45) is 35.5 Å². The van der Waals surface area contributed by atoms with Gasteiger partial charge in [0.25, 0.3) is 0 Å². The van der Waals surface area contributed by atoms with Crippen LogP contribution in [-0.4, -0.2) is 105 Å². The number of amides is 2. The maximum atomic E-state index is 15.1. The molecule has 495 valence electrons. The Morgan fingerprint density at radius 2 is 1.05 bits per heavy atom. The normalized spacial score (nSPS) is 22.8. The fourth-order valence-corrected chi connectivity index (χ4v) is 13.7. The van der Waals surface area contributed by atoms with E-state index in [0.29, 0.717) is 50.7 Å². The van der Waals surface area contributed by atoms with Crippen LogP contribution in [0.2, 0.25) is 0 Å². The first-order chi connectivity index (χ1) is 44.9. The van der Waals surface area contributed by atoms with E-state index in [0.717, 1.165) is 11.8 Å². The summed E-state index contributed by atoms with van der Waals surface area (Å²) in [5.41, 5.74) is 2.96. The first-order valence-electron chi connectivity index (χ1n) is 31.3. The number of oxazole rings is 4. The minimum atomic E-state index is -1.33. The molecule has 0 fully saturated rings. The molecule has 96 heavy (non-hydrogen) atoms. The van der Waals surface area contributed by atoms with Crippen molar-refractivity contribution in [2.75, 3.05) is 17.7 Å². The van der Waals surface area contributed by atoms with Gasteiger partial charge in [-0.05, 0) is 96.2 Å². The molecule has 6 aliphatic rings. The number of carbonyl (C=O) groups is 5. The fraction of sp³-hybridized carbons (Fsp3) is 0.406. The summed E-state index contributed by atoms with van der Waals surface area (Å²) in [6.07, 6.45) is -1.53. The zero-order chi connectivity index (χ0) is 66.6. The van der Waals surface area contributed by atoms with E-state index in [9.17, 15) is 39.3 Å². The Labute approximate surface area is 565 Å². The van der Waals surface area contributed by atoms with E-state index in [1.165, 1.54) is 37.6 Å². The molecule has 0 unspecified atom stereocenters.